The van der Waals surface area contributed by atoms with Gasteiger partial charge in [0.15, 0.2) is 0 Å². The van der Waals surface area contributed by atoms with Crippen LogP contribution in [0.5, 0.6) is 5.75 Å². The molecule has 0 spiro atoms. The number of piperazine rings is 1. The Kier molecular flexibility index (Phi) is 5.57. The molecule has 5 heteroatoms. The summed E-state index contributed by atoms with van der Waals surface area (Å²) in [6, 6.07) is 15.1. The van der Waals surface area contributed by atoms with E-state index in [9.17, 15) is 5.11 Å². The van der Waals surface area contributed by atoms with E-state index in [0.717, 1.165) is 70.0 Å². The van der Waals surface area contributed by atoms with Crippen molar-refractivity contribution in [3.63, 3.8) is 0 Å². The Labute approximate surface area is 179 Å². The molecule has 2 aliphatic heterocycles. The van der Waals surface area contributed by atoms with Crippen LogP contribution < -0.4 is 15.0 Å². The Morgan fingerprint density at radius 2 is 1.93 bits per heavy atom. The van der Waals surface area contributed by atoms with Gasteiger partial charge in [-0.2, -0.15) is 0 Å². The molecule has 1 saturated heterocycles. The summed E-state index contributed by atoms with van der Waals surface area (Å²) in [5, 5.41) is 13.3. The van der Waals surface area contributed by atoms with Crippen molar-refractivity contribution in [2.45, 2.75) is 38.3 Å². The molecule has 1 saturated carbocycles. The fourth-order valence-corrected chi connectivity index (χ4v) is 4.94. The molecular formula is C25H33N3O2. The van der Waals surface area contributed by atoms with Crippen LogP contribution in [0.2, 0.25) is 0 Å². The predicted molar refractivity (Wildman–Crippen MR) is 121 cm³/mol. The van der Waals surface area contributed by atoms with Gasteiger partial charge in [-0.15, -0.1) is 0 Å². The number of nitrogens with zero attached hydrogens (tertiary/aromatic N) is 2. The van der Waals surface area contributed by atoms with Crippen LogP contribution in [0.3, 0.4) is 0 Å². The van der Waals surface area contributed by atoms with Gasteiger partial charge in [0.25, 0.3) is 0 Å². The third-order valence-electron chi connectivity index (χ3n) is 6.85. The summed E-state index contributed by atoms with van der Waals surface area (Å²) < 4.78 is 5.98. The van der Waals surface area contributed by atoms with E-state index in [1.165, 1.54) is 16.8 Å². The first-order valence-electron chi connectivity index (χ1n) is 11.4. The molecule has 2 heterocycles. The second-order valence-electron chi connectivity index (χ2n) is 9.07. The van der Waals surface area contributed by atoms with Crippen molar-refractivity contribution in [3.05, 3.63) is 53.6 Å². The van der Waals surface area contributed by atoms with Crippen molar-refractivity contribution in [3.8, 4) is 5.75 Å². The summed E-state index contributed by atoms with van der Waals surface area (Å²) in [5.74, 6) is 1.85. The molecule has 3 atom stereocenters. The summed E-state index contributed by atoms with van der Waals surface area (Å²) in [6.45, 7) is 8.54. The molecule has 0 bridgehead atoms. The summed E-state index contributed by atoms with van der Waals surface area (Å²) in [7, 11) is 0. The standard InChI is InChI=1S/C25H33N3O2/c1-18-5-4-6-19(15-18)28-12-10-27(11-13-28)9-2-3-14-30-20-7-8-21-22-17-23(22)25(29)26-24(21)16-20/h4-8,15-16,22-23,25-26,29H,2-3,9-14,17H2,1H3. The highest BCUT2D eigenvalue weighted by Gasteiger charge is 2.47. The maximum atomic E-state index is 10.1. The zero-order valence-corrected chi connectivity index (χ0v) is 17.9. The number of aliphatic hydroxyl groups is 1. The molecule has 160 valence electrons. The number of benzene rings is 2. The zero-order chi connectivity index (χ0) is 20.5. The molecule has 5 rings (SSSR count). The quantitative estimate of drug-likeness (QED) is 0.684. The van der Waals surface area contributed by atoms with Crippen LogP contribution in [-0.2, 0) is 0 Å². The molecule has 5 nitrogen and oxygen atoms in total. The van der Waals surface area contributed by atoms with Crippen molar-refractivity contribution in [2.24, 2.45) is 5.92 Å². The minimum absolute atomic E-state index is 0.399. The first-order chi connectivity index (χ1) is 14.7. The van der Waals surface area contributed by atoms with Gasteiger partial charge in [0.05, 0.1) is 6.61 Å². The van der Waals surface area contributed by atoms with Gasteiger partial charge < -0.3 is 20.1 Å². The fraction of sp³-hybridized carbons (Fsp3) is 0.520. The SMILES string of the molecule is Cc1cccc(N2CCN(CCCCOc3ccc4c(c3)NC(O)C3CC43)CC2)c1. The lowest BCUT2D eigenvalue weighted by Crippen LogP contribution is -2.46. The number of fused-ring (bicyclic) bond motifs is 3. The average molecular weight is 408 g/mol. The van der Waals surface area contributed by atoms with Crippen LogP contribution in [0.1, 0.15) is 36.3 Å². The van der Waals surface area contributed by atoms with E-state index in [2.05, 4.69) is 64.5 Å². The zero-order valence-electron chi connectivity index (χ0n) is 17.9. The minimum atomic E-state index is -0.399. The van der Waals surface area contributed by atoms with Gasteiger partial charge in [-0.3, -0.25) is 4.90 Å². The van der Waals surface area contributed by atoms with Crippen LogP contribution in [0.15, 0.2) is 42.5 Å². The number of hydrogen-bond acceptors (Lipinski definition) is 5. The van der Waals surface area contributed by atoms with Crippen LogP contribution >= 0.6 is 0 Å². The Balaban J connectivity index is 1.01. The molecule has 2 fully saturated rings. The predicted octanol–water partition coefficient (Wildman–Crippen LogP) is 3.82. The Morgan fingerprint density at radius 1 is 1.07 bits per heavy atom. The molecule has 30 heavy (non-hydrogen) atoms. The summed E-state index contributed by atoms with van der Waals surface area (Å²) in [5.41, 5.74) is 5.07. The van der Waals surface area contributed by atoms with E-state index in [-0.39, 0.29) is 0 Å². The summed E-state index contributed by atoms with van der Waals surface area (Å²) >= 11 is 0. The summed E-state index contributed by atoms with van der Waals surface area (Å²) in [6.07, 6.45) is 2.93. The Morgan fingerprint density at radius 3 is 2.77 bits per heavy atom. The second-order valence-corrected chi connectivity index (χ2v) is 9.07. The van der Waals surface area contributed by atoms with Gasteiger partial charge in [0.2, 0.25) is 0 Å². The lowest BCUT2D eigenvalue weighted by molar-refractivity contribution is 0.174. The van der Waals surface area contributed by atoms with Gasteiger partial charge in [0.1, 0.15) is 12.0 Å². The number of hydrogen-bond donors (Lipinski definition) is 2. The van der Waals surface area contributed by atoms with Crippen LogP contribution in [0, 0.1) is 12.8 Å². The van der Waals surface area contributed by atoms with Crippen molar-refractivity contribution >= 4 is 11.4 Å². The first-order valence-corrected chi connectivity index (χ1v) is 11.4. The molecule has 2 aromatic carbocycles. The number of unbranched alkanes of at least 4 members (excludes halogenated alkanes) is 1. The lowest BCUT2D eigenvalue weighted by Gasteiger charge is -2.36. The molecule has 0 amide bonds. The van der Waals surface area contributed by atoms with Gasteiger partial charge in [-0.1, -0.05) is 18.2 Å². The number of aryl methyl sites for hydroxylation is 1. The van der Waals surface area contributed by atoms with E-state index in [4.69, 9.17) is 4.74 Å². The molecule has 0 aromatic heterocycles. The molecule has 3 unspecified atom stereocenters. The molecule has 2 N–H and O–H groups in total. The van der Waals surface area contributed by atoms with Crippen molar-refractivity contribution in [1.29, 1.82) is 0 Å². The van der Waals surface area contributed by atoms with E-state index in [1.54, 1.807) is 0 Å². The first kappa shape index (κ1) is 19.7. The van der Waals surface area contributed by atoms with E-state index in [0.29, 0.717) is 11.8 Å². The van der Waals surface area contributed by atoms with Gasteiger partial charge in [-0.05, 0) is 68.0 Å². The largest absolute Gasteiger partial charge is 0.494 e. The molecule has 1 aliphatic carbocycles. The smallest absolute Gasteiger partial charge is 0.127 e. The van der Waals surface area contributed by atoms with Crippen molar-refractivity contribution < 1.29 is 9.84 Å². The Hall–Kier alpha value is -2.24. The molecule has 3 aliphatic rings. The maximum Gasteiger partial charge on any atom is 0.127 e. The monoisotopic (exact) mass is 407 g/mol. The third kappa shape index (κ3) is 4.28. The second kappa shape index (κ2) is 8.48. The average Bonchev–Trinajstić information content (AvgIpc) is 3.56. The van der Waals surface area contributed by atoms with Crippen molar-refractivity contribution in [1.82, 2.24) is 4.90 Å². The maximum absolute atomic E-state index is 10.1. The van der Waals surface area contributed by atoms with Crippen LogP contribution in [-0.4, -0.2) is 55.6 Å². The fourth-order valence-electron chi connectivity index (χ4n) is 4.94. The highest BCUT2D eigenvalue weighted by atomic mass is 16.5. The lowest BCUT2D eigenvalue weighted by atomic mass is 10.0. The number of aliphatic hydroxyl groups excluding tert-OH is 1. The number of nitrogens with one attached hydrogen (secondary N) is 1. The minimum Gasteiger partial charge on any atom is -0.494 e. The topological polar surface area (TPSA) is 48.0 Å². The molecule has 0 radical (unpaired) electrons. The molecular weight excluding hydrogens is 374 g/mol. The molecule has 2 aromatic rings. The summed E-state index contributed by atoms with van der Waals surface area (Å²) in [4.78, 5) is 5.07. The van der Waals surface area contributed by atoms with Gasteiger partial charge in [-0.25, -0.2) is 0 Å². The Bertz CT molecular complexity index is 878. The van der Waals surface area contributed by atoms with Crippen LogP contribution in [0.4, 0.5) is 11.4 Å². The van der Waals surface area contributed by atoms with E-state index >= 15 is 0 Å². The normalized spacial score (nSPS) is 25.3. The van der Waals surface area contributed by atoms with E-state index < -0.39 is 6.23 Å². The number of rotatable bonds is 7. The number of anilines is 2. The highest BCUT2D eigenvalue weighted by molar-refractivity contribution is 5.61. The highest BCUT2D eigenvalue weighted by Crippen LogP contribution is 2.55. The third-order valence-corrected chi connectivity index (χ3v) is 6.85. The van der Waals surface area contributed by atoms with E-state index in [1.807, 2.05) is 0 Å². The van der Waals surface area contributed by atoms with Gasteiger partial charge >= 0.3 is 0 Å². The van der Waals surface area contributed by atoms with Gasteiger partial charge in [0, 0.05) is 49.5 Å². The number of ether oxygens (including phenoxy) is 1. The van der Waals surface area contributed by atoms with Crippen LogP contribution in [0.25, 0.3) is 0 Å². The van der Waals surface area contributed by atoms with Crippen molar-refractivity contribution in [2.75, 3.05) is 49.5 Å².